The Hall–Kier alpha value is -3.84. The zero-order valence-corrected chi connectivity index (χ0v) is 18.7. The molecule has 0 radical (unpaired) electrons. The van der Waals surface area contributed by atoms with Crippen molar-refractivity contribution in [1.82, 2.24) is 24.9 Å². The molecule has 0 aliphatic carbocycles. The molecule has 186 valence electrons. The molecular weight excluding hydrogens is 479 g/mol. The van der Waals surface area contributed by atoms with E-state index in [2.05, 4.69) is 24.9 Å². The quantitative estimate of drug-likeness (QED) is 0.473. The van der Waals surface area contributed by atoms with Gasteiger partial charge in [-0.25, -0.2) is 28.7 Å². The van der Waals surface area contributed by atoms with Crippen molar-refractivity contribution in [3.05, 3.63) is 42.0 Å². The molecule has 14 heteroatoms. The van der Waals surface area contributed by atoms with Crippen LogP contribution in [0.3, 0.4) is 0 Å². The van der Waals surface area contributed by atoms with Crippen LogP contribution in [0.4, 0.5) is 27.8 Å². The summed E-state index contributed by atoms with van der Waals surface area (Å²) in [6, 6.07) is 2.84. The van der Waals surface area contributed by atoms with Crippen LogP contribution in [-0.2, 0) is 6.18 Å². The van der Waals surface area contributed by atoms with Crippen molar-refractivity contribution in [2.45, 2.75) is 25.1 Å². The lowest BCUT2D eigenvalue weighted by Crippen LogP contribution is -2.36. The zero-order chi connectivity index (χ0) is 25.4. The third-order valence-corrected chi connectivity index (χ3v) is 5.12. The summed E-state index contributed by atoms with van der Waals surface area (Å²) in [5.74, 6) is -3.35. The molecule has 0 aromatic carbocycles. The van der Waals surface area contributed by atoms with Crippen LogP contribution >= 0.6 is 0 Å². The van der Waals surface area contributed by atoms with Gasteiger partial charge in [0.2, 0.25) is 11.8 Å². The van der Waals surface area contributed by atoms with Crippen LogP contribution in [0.25, 0.3) is 11.3 Å². The number of rotatable bonds is 6. The van der Waals surface area contributed by atoms with Crippen LogP contribution in [-0.4, -0.2) is 64.3 Å². The Morgan fingerprint density at radius 1 is 1.06 bits per heavy atom. The minimum atomic E-state index is -4.66. The summed E-state index contributed by atoms with van der Waals surface area (Å²) in [4.78, 5) is 21.6. The monoisotopic (exact) mass is 498 g/mol. The average molecular weight is 498 g/mol. The first-order valence-corrected chi connectivity index (χ1v) is 10.1. The molecule has 3 aromatic rings. The molecule has 4 rings (SSSR count). The molecule has 0 N–H and O–H groups in total. The smallest absolute Gasteiger partial charge is 0.416 e. The molecule has 35 heavy (non-hydrogen) atoms. The first-order valence-electron chi connectivity index (χ1n) is 10.1. The molecular formula is C21H19F5N6O3. The Kier molecular flexibility index (Phi) is 6.30. The number of alkyl halides is 5. The molecule has 1 saturated heterocycles. The SMILES string of the molecule is COc1ncc(-c2cc(N3CC(Oc4cc(C(F)(F)F)ccn4)C(F)(F)C3)nc(C)n2)c(OC)n1. The first kappa shape index (κ1) is 24.3. The van der Waals surface area contributed by atoms with Gasteiger partial charge in [-0.1, -0.05) is 0 Å². The molecule has 0 spiro atoms. The summed E-state index contributed by atoms with van der Waals surface area (Å²) in [6.45, 7) is 0.457. The Morgan fingerprint density at radius 3 is 2.51 bits per heavy atom. The number of halogens is 5. The number of aryl methyl sites for hydroxylation is 1. The summed E-state index contributed by atoms with van der Waals surface area (Å²) >= 11 is 0. The van der Waals surface area contributed by atoms with Crippen LogP contribution < -0.4 is 19.1 Å². The maximum Gasteiger partial charge on any atom is 0.416 e. The minimum absolute atomic E-state index is 0.0685. The van der Waals surface area contributed by atoms with E-state index in [1.807, 2.05) is 0 Å². The van der Waals surface area contributed by atoms with Gasteiger partial charge >= 0.3 is 18.1 Å². The second kappa shape index (κ2) is 9.07. The average Bonchev–Trinajstić information content (AvgIpc) is 3.11. The Balaban J connectivity index is 1.61. The van der Waals surface area contributed by atoms with Crippen molar-refractivity contribution in [3.8, 4) is 29.0 Å². The topological polar surface area (TPSA) is 95.4 Å². The van der Waals surface area contributed by atoms with Crippen molar-refractivity contribution in [3.63, 3.8) is 0 Å². The van der Waals surface area contributed by atoms with E-state index in [-0.39, 0.29) is 30.1 Å². The first-order chi connectivity index (χ1) is 16.5. The number of methoxy groups -OCH3 is 2. The summed E-state index contributed by atoms with van der Waals surface area (Å²) < 4.78 is 83.8. The van der Waals surface area contributed by atoms with Gasteiger partial charge < -0.3 is 19.1 Å². The molecule has 1 atom stereocenters. The largest absolute Gasteiger partial charge is 0.480 e. The number of aromatic nitrogens is 5. The van der Waals surface area contributed by atoms with Gasteiger partial charge in [-0.15, -0.1) is 0 Å². The molecule has 1 aliphatic heterocycles. The fourth-order valence-corrected chi connectivity index (χ4v) is 3.48. The van der Waals surface area contributed by atoms with E-state index in [1.165, 1.54) is 31.4 Å². The number of ether oxygens (including phenoxy) is 3. The van der Waals surface area contributed by atoms with Gasteiger partial charge in [0.25, 0.3) is 0 Å². The lowest BCUT2D eigenvalue weighted by atomic mass is 10.2. The Labute approximate surface area is 195 Å². The third kappa shape index (κ3) is 5.15. The normalized spacial score (nSPS) is 17.4. The van der Waals surface area contributed by atoms with Gasteiger partial charge in [-0.2, -0.15) is 18.2 Å². The van der Waals surface area contributed by atoms with Gasteiger partial charge in [-0.05, 0) is 13.0 Å². The van der Waals surface area contributed by atoms with E-state index in [1.54, 1.807) is 6.92 Å². The van der Waals surface area contributed by atoms with Gasteiger partial charge in [-0.3, -0.25) is 0 Å². The fraction of sp³-hybridized carbons (Fsp3) is 0.381. The van der Waals surface area contributed by atoms with Crippen molar-refractivity contribution in [2.75, 3.05) is 32.2 Å². The van der Waals surface area contributed by atoms with Crippen LogP contribution in [0.2, 0.25) is 0 Å². The standard InChI is InChI=1S/C21H19F5N6O3/c1-11-29-14(13-8-28-19(34-3)31-18(13)33-2)7-16(30-11)32-9-15(20(22,23)10-32)35-17-6-12(4-5-27-17)21(24,25)26/h4-8,15H,9-10H2,1-3H3. The van der Waals surface area contributed by atoms with Crippen molar-refractivity contribution < 1.29 is 36.2 Å². The Morgan fingerprint density at radius 2 is 1.83 bits per heavy atom. The van der Waals surface area contributed by atoms with Crippen molar-refractivity contribution in [2.24, 2.45) is 0 Å². The van der Waals surface area contributed by atoms with Crippen molar-refractivity contribution >= 4 is 5.82 Å². The minimum Gasteiger partial charge on any atom is -0.480 e. The highest BCUT2D eigenvalue weighted by molar-refractivity contribution is 5.67. The van der Waals surface area contributed by atoms with Crippen LogP contribution in [0.15, 0.2) is 30.6 Å². The molecule has 0 amide bonds. The van der Waals surface area contributed by atoms with Gasteiger partial charge in [0.1, 0.15) is 11.6 Å². The predicted octanol–water partition coefficient (Wildman–Crippen LogP) is 3.58. The number of hydrogen-bond donors (Lipinski definition) is 0. The summed E-state index contributed by atoms with van der Waals surface area (Å²) in [5, 5.41) is 0. The lowest BCUT2D eigenvalue weighted by Gasteiger charge is -2.19. The van der Waals surface area contributed by atoms with E-state index < -0.39 is 36.2 Å². The second-order valence-electron chi connectivity index (χ2n) is 7.57. The highest BCUT2D eigenvalue weighted by Gasteiger charge is 2.51. The van der Waals surface area contributed by atoms with Gasteiger partial charge in [0.15, 0.2) is 6.10 Å². The number of hydrogen-bond acceptors (Lipinski definition) is 9. The Bertz CT molecular complexity index is 1230. The fourth-order valence-electron chi connectivity index (χ4n) is 3.48. The lowest BCUT2D eigenvalue weighted by molar-refractivity contribution is -0.137. The summed E-state index contributed by atoms with van der Waals surface area (Å²) in [5.41, 5.74) is -0.349. The van der Waals surface area contributed by atoms with E-state index in [0.717, 1.165) is 12.3 Å². The molecule has 1 unspecified atom stereocenters. The van der Waals surface area contributed by atoms with Gasteiger partial charge in [0.05, 0.1) is 44.1 Å². The molecule has 0 bridgehead atoms. The molecule has 1 aliphatic rings. The molecule has 1 fully saturated rings. The van der Waals surface area contributed by atoms with Crippen LogP contribution in [0.5, 0.6) is 17.8 Å². The van der Waals surface area contributed by atoms with Crippen LogP contribution in [0.1, 0.15) is 11.4 Å². The van der Waals surface area contributed by atoms with Gasteiger partial charge in [0, 0.05) is 24.5 Å². The van der Waals surface area contributed by atoms with Crippen molar-refractivity contribution in [1.29, 1.82) is 0 Å². The predicted molar refractivity (Wildman–Crippen MR) is 112 cm³/mol. The van der Waals surface area contributed by atoms with E-state index in [0.29, 0.717) is 17.3 Å². The molecule has 9 nitrogen and oxygen atoms in total. The third-order valence-electron chi connectivity index (χ3n) is 5.12. The van der Waals surface area contributed by atoms with E-state index in [9.17, 15) is 22.0 Å². The maximum absolute atomic E-state index is 14.8. The highest BCUT2D eigenvalue weighted by Crippen LogP contribution is 2.36. The summed E-state index contributed by atoms with van der Waals surface area (Å²) in [7, 11) is 2.79. The molecule has 3 aromatic heterocycles. The van der Waals surface area contributed by atoms with E-state index in [4.69, 9.17) is 14.2 Å². The number of nitrogens with zero attached hydrogens (tertiary/aromatic N) is 6. The summed E-state index contributed by atoms with van der Waals surface area (Å²) in [6.07, 6.45) is -4.14. The second-order valence-corrected chi connectivity index (χ2v) is 7.57. The maximum atomic E-state index is 14.8. The van der Waals surface area contributed by atoms with Crippen LogP contribution in [0, 0.1) is 6.92 Å². The molecule has 4 heterocycles. The van der Waals surface area contributed by atoms with E-state index >= 15 is 0 Å². The molecule has 0 saturated carbocycles. The number of anilines is 1. The number of pyridine rings is 1. The zero-order valence-electron chi connectivity index (χ0n) is 18.7. The highest BCUT2D eigenvalue weighted by atomic mass is 19.4.